The monoisotopic (exact) mass is 257 g/mol. The minimum atomic E-state index is 0.0505. The van der Waals surface area contributed by atoms with Crippen LogP contribution in [0.15, 0.2) is 0 Å². The normalized spacial score (nSPS) is 40.4. The average Bonchev–Trinajstić information content (AvgIpc) is 2.72. The van der Waals surface area contributed by atoms with Crippen molar-refractivity contribution in [1.82, 2.24) is 5.32 Å². The van der Waals surface area contributed by atoms with Crippen molar-refractivity contribution in [2.24, 2.45) is 0 Å². The molecule has 2 heterocycles. The Kier molecular flexibility index (Phi) is 3.41. The van der Waals surface area contributed by atoms with E-state index in [0.717, 1.165) is 38.0 Å². The fourth-order valence-corrected chi connectivity index (χ4v) is 4.78. The highest BCUT2D eigenvalue weighted by Crippen LogP contribution is 2.40. The van der Waals surface area contributed by atoms with Gasteiger partial charge in [-0.3, -0.25) is 0 Å². The van der Waals surface area contributed by atoms with Crippen LogP contribution >= 0.6 is 11.8 Å². The summed E-state index contributed by atoms with van der Waals surface area (Å²) in [5.74, 6) is 2.41. The zero-order valence-corrected chi connectivity index (χ0v) is 11.2. The molecule has 1 spiro atoms. The van der Waals surface area contributed by atoms with Crippen LogP contribution in [-0.2, 0) is 4.74 Å². The topological polar surface area (TPSA) is 41.5 Å². The highest BCUT2D eigenvalue weighted by molar-refractivity contribution is 7.99. The Morgan fingerprint density at radius 2 is 2.24 bits per heavy atom. The zero-order valence-electron chi connectivity index (χ0n) is 10.4. The molecule has 3 rings (SSSR count). The summed E-state index contributed by atoms with van der Waals surface area (Å²) in [6.45, 7) is 1.19. The van der Waals surface area contributed by atoms with Gasteiger partial charge in [0, 0.05) is 23.9 Å². The lowest BCUT2D eigenvalue weighted by molar-refractivity contribution is -0.0786. The van der Waals surface area contributed by atoms with Crippen molar-refractivity contribution >= 4 is 11.8 Å². The molecule has 17 heavy (non-hydrogen) atoms. The largest absolute Gasteiger partial charge is 0.394 e. The third-order valence-electron chi connectivity index (χ3n) is 4.68. The Balaban J connectivity index is 1.60. The fraction of sp³-hybridized carbons (Fsp3) is 1.00. The molecule has 2 N–H and O–H groups in total. The first-order chi connectivity index (χ1) is 8.26. The van der Waals surface area contributed by atoms with Crippen LogP contribution in [0.25, 0.3) is 0 Å². The van der Waals surface area contributed by atoms with Crippen LogP contribution in [0.4, 0.5) is 0 Å². The molecule has 2 saturated heterocycles. The summed E-state index contributed by atoms with van der Waals surface area (Å²) in [7, 11) is 0. The lowest BCUT2D eigenvalue weighted by Gasteiger charge is -2.47. The van der Waals surface area contributed by atoms with Crippen LogP contribution in [0.1, 0.15) is 38.5 Å². The molecule has 2 unspecified atom stereocenters. The molecule has 98 valence electrons. The van der Waals surface area contributed by atoms with Gasteiger partial charge in [0.1, 0.15) is 0 Å². The highest BCUT2D eigenvalue weighted by atomic mass is 32.2. The van der Waals surface area contributed by atoms with E-state index in [4.69, 9.17) is 4.74 Å². The van der Waals surface area contributed by atoms with E-state index in [2.05, 4.69) is 5.32 Å². The highest BCUT2D eigenvalue weighted by Gasteiger charge is 2.44. The molecule has 0 amide bonds. The molecule has 3 nitrogen and oxygen atoms in total. The van der Waals surface area contributed by atoms with Gasteiger partial charge in [-0.15, -0.1) is 0 Å². The predicted molar refractivity (Wildman–Crippen MR) is 70.5 cm³/mol. The molecule has 3 aliphatic rings. The van der Waals surface area contributed by atoms with Gasteiger partial charge in [-0.25, -0.2) is 0 Å². The van der Waals surface area contributed by atoms with E-state index >= 15 is 0 Å². The minimum Gasteiger partial charge on any atom is -0.394 e. The van der Waals surface area contributed by atoms with E-state index in [-0.39, 0.29) is 11.1 Å². The summed E-state index contributed by atoms with van der Waals surface area (Å²) in [6.07, 6.45) is 7.00. The van der Waals surface area contributed by atoms with Crippen LogP contribution in [-0.4, -0.2) is 47.0 Å². The third-order valence-corrected chi connectivity index (χ3v) is 5.91. The van der Waals surface area contributed by atoms with Crippen molar-refractivity contribution in [1.29, 1.82) is 0 Å². The molecule has 3 fully saturated rings. The number of hydrogen-bond donors (Lipinski definition) is 2. The van der Waals surface area contributed by atoms with Gasteiger partial charge in [0.2, 0.25) is 0 Å². The van der Waals surface area contributed by atoms with Gasteiger partial charge in [-0.2, -0.15) is 11.8 Å². The van der Waals surface area contributed by atoms with Crippen LogP contribution in [0.3, 0.4) is 0 Å². The smallest absolute Gasteiger partial charge is 0.0795 e. The second kappa shape index (κ2) is 4.72. The Hall–Kier alpha value is 0.230. The standard InChI is InChI=1S/C13H23NO2S/c15-9-12(3-1-4-12)14-11-2-6-16-13(8-11)5-7-17-10-13/h11,14-15H,1-10H2. The number of hydrogen-bond acceptors (Lipinski definition) is 4. The van der Waals surface area contributed by atoms with Crippen molar-refractivity contribution in [3.8, 4) is 0 Å². The molecule has 1 aliphatic carbocycles. The first kappa shape index (κ1) is 12.3. The molecular weight excluding hydrogens is 234 g/mol. The summed E-state index contributed by atoms with van der Waals surface area (Å²) in [4.78, 5) is 0. The third kappa shape index (κ3) is 2.37. The van der Waals surface area contributed by atoms with Crippen molar-refractivity contribution in [2.45, 2.75) is 55.7 Å². The quantitative estimate of drug-likeness (QED) is 0.805. The summed E-state index contributed by atoms with van der Waals surface area (Å²) < 4.78 is 6.03. The summed E-state index contributed by atoms with van der Waals surface area (Å²) >= 11 is 2.02. The molecule has 0 aromatic rings. The number of ether oxygens (including phenoxy) is 1. The second-order valence-electron chi connectivity index (χ2n) is 5.96. The van der Waals surface area contributed by atoms with Crippen molar-refractivity contribution in [3.63, 3.8) is 0 Å². The van der Waals surface area contributed by atoms with E-state index < -0.39 is 0 Å². The predicted octanol–water partition coefficient (Wildman–Crippen LogP) is 1.55. The van der Waals surface area contributed by atoms with Gasteiger partial charge in [0.25, 0.3) is 0 Å². The lowest BCUT2D eigenvalue weighted by Crippen LogP contribution is -2.60. The van der Waals surface area contributed by atoms with E-state index in [1.165, 1.54) is 18.6 Å². The Bertz CT molecular complexity index is 267. The molecule has 0 aromatic heterocycles. The summed E-state index contributed by atoms with van der Waals surface area (Å²) in [5.41, 5.74) is 0.204. The average molecular weight is 257 g/mol. The van der Waals surface area contributed by atoms with Gasteiger partial charge in [-0.05, 0) is 44.3 Å². The Morgan fingerprint density at radius 3 is 2.82 bits per heavy atom. The number of nitrogens with one attached hydrogen (secondary N) is 1. The van der Waals surface area contributed by atoms with E-state index in [1.54, 1.807) is 0 Å². The molecule has 0 aromatic carbocycles. The number of aliphatic hydroxyl groups excluding tert-OH is 1. The fourth-order valence-electron chi connectivity index (χ4n) is 3.40. The van der Waals surface area contributed by atoms with Gasteiger partial charge >= 0.3 is 0 Å². The maximum Gasteiger partial charge on any atom is 0.0795 e. The molecule has 4 heteroatoms. The van der Waals surface area contributed by atoms with Crippen LogP contribution < -0.4 is 5.32 Å². The Morgan fingerprint density at radius 1 is 1.35 bits per heavy atom. The van der Waals surface area contributed by atoms with E-state index in [1.807, 2.05) is 11.8 Å². The molecule has 0 bridgehead atoms. The lowest BCUT2D eigenvalue weighted by atomic mass is 9.76. The van der Waals surface area contributed by atoms with Gasteiger partial charge in [0.15, 0.2) is 0 Å². The maximum atomic E-state index is 9.53. The minimum absolute atomic E-state index is 0.0505. The number of rotatable bonds is 3. The molecule has 1 saturated carbocycles. The van der Waals surface area contributed by atoms with Crippen LogP contribution in [0, 0.1) is 0 Å². The SMILES string of the molecule is OCC1(NC2CCOC3(CCSC3)C2)CCC1. The Labute approximate surface area is 108 Å². The van der Waals surface area contributed by atoms with Crippen LogP contribution in [0.5, 0.6) is 0 Å². The second-order valence-corrected chi connectivity index (χ2v) is 7.07. The summed E-state index contributed by atoms with van der Waals surface area (Å²) in [5, 5.41) is 13.3. The van der Waals surface area contributed by atoms with Crippen LogP contribution in [0.2, 0.25) is 0 Å². The van der Waals surface area contributed by atoms with Crippen molar-refractivity contribution in [2.75, 3.05) is 24.7 Å². The van der Waals surface area contributed by atoms with E-state index in [0.29, 0.717) is 12.6 Å². The maximum absolute atomic E-state index is 9.53. The molecule has 2 atom stereocenters. The molecule has 0 radical (unpaired) electrons. The van der Waals surface area contributed by atoms with Gasteiger partial charge in [0.05, 0.1) is 12.2 Å². The zero-order chi connectivity index (χ0) is 11.8. The molecule has 2 aliphatic heterocycles. The number of aliphatic hydroxyl groups is 1. The number of thioether (sulfide) groups is 1. The molecular formula is C13H23NO2S. The summed E-state index contributed by atoms with van der Waals surface area (Å²) in [6, 6.07) is 0.551. The first-order valence-corrected chi connectivity index (χ1v) is 8.02. The van der Waals surface area contributed by atoms with Gasteiger partial charge in [-0.1, -0.05) is 0 Å². The van der Waals surface area contributed by atoms with Crippen molar-refractivity contribution in [3.05, 3.63) is 0 Å². The van der Waals surface area contributed by atoms with E-state index in [9.17, 15) is 5.11 Å². The van der Waals surface area contributed by atoms with Gasteiger partial charge < -0.3 is 15.2 Å². The van der Waals surface area contributed by atoms with Crippen molar-refractivity contribution < 1.29 is 9.84 Å². The first-order valence-electron chi connectivity index (χ1n) is 6.86.